The van der Waals surface area contributed by atoms with Crippen molar-refractivity contribution in [3.05, 3.63) is 230 Å². The van der Waals surface area contributed by atoms with Crippen LogP contribution in [0.5, 0.6) is 23.0 Å². The number of para-hydroxylation sites is 3. The normalized spacial score (nSPS) is 14.5. The van der Waals surface area contributed by atoms with Crippen molar-refractivity contribution >= 4 is 44.6 Å². The maximum absolute atomic E-state index is 9.84. The topological polar surface area (TPSA) is 42.8 Å². The second-order valence-corrected chi connectivity index (χ2v) is 18.6. The maximum Gasteiger partial charge on any atom is 0.137 e. The molecule has 0 radical (unpaired) electrons. The summed E-state index contributed by atoms with van der Waals surface area (Å²) in [6, 6.07) is 52.9. The molecule has 70 heavy (non-hydrogen) atoms. The molecule has 2 aromatic heterocycles. The molecule has 11 aromatic rings. The van der Waals surface area contributed by atoms with Crippen LogP contribution in [0.2, 0.25) is 0 Å². The summed E-state index contributed by atoms with van der Waals surface area (Å²) in [5.74, 6) is 2.71. The van der Waals surface area contributed by atoms with Gasteiger partial charge in [-0.3, -0.25) is 4.57 Å². The van der Waals surface area contributed by atoms with Crippen molar-refractivity contribution in [3.8, 4) is 73.3 Å². The molecule has 6 nitrogen and oxygen atoms in total. The van der Waals surface area contributed by atoms with Crippen LogP contribution in [0.25, 0.3) is 72.1 Å². The number of fused-ring (bicyclic) bond motifs is 5. The van der Waals surface area contributed by atoms with E-state index in [2.05, 4.69) is 116 Å². The lowest BCUT2D eigenvalue weighted by molar-refractivity contribution is 0.483. The Bertz CT molecular complexity index is 4280. The molecule has 0 unspecified atom stereocenters. The first kappa shape index (κ1) is 33.6. The SMILES string of the molecule is [2H]c1c([2H])c([2H])c(-c2c([2H])c([2H])c3c(c2[2H])c2ccc4cc2n3-c2cc(C(C)(C)C)c(cn2)-c2cccc(c2)Oc2cccc(c2)-c2cccc(-c3ccccc3)c2N2CN(c3cccc(c3)O4)c3ccccc32)c([2H])c1[2H]. The van der Waals surface area contributed by atoms with Crippen LogP contribution in [-0.2, 0) is 5.41 Å². The largest absolute Gasteiger partial charge is 0.457 e. The van der Waals surface area contributed by atoms with Crippen molar-refractivity contribution in [1.82, 2.24) is 9.55 Å². The van der Waals surface area contributed by atoms with Gasteiger partial charge in [-0.2, -0.15) is 0 Å². The molecule has 0 saturated heterocycles. The van der Waals surface area contributed by atoms with E-state index in [1.165, 1.54) is 0 Å². The first-order valence-electron chi connectivity index (χ1n) is 27.3. The number of pyridine rings is 1. The first-order valence-corrected chi connectivity index (χ1v) is 23.3. The summed E-state index contributed by atoms with van der Waals surface area (Å²) in [5, 5.41) is 0.769. The van der Waals surface area contributed by atoms with Crippen molar-refractivity contribution in [1.29, 1.82) is 0 Å². The third-order valence-electron chi connectivity index (χ3n) is 13.2. The molecule has 3 aliphatic rings. The fourth-order valence-electron chi connectivity index (χ4n) is 9.99. The Labute approximate surface area is 419 Å². The first-order chi connectivity index (χ1) is 37.6. The molecule has 12 bridgehead atoms. The number of anilines is 4. The van der Waals surface area contributed by atoms with E-state index in [0.29, 0.717) is 46.4 Å². The molecule has 0 amide bonds. The van der Waals surface area contributed by atoms with E-state index in [0.717, 1.165) is 61.7 Å². The Morgan fingerprint density at radius 3 is 1.86 bits per heavy atom. The minimum Gasteiger partial charge on any atom is -0.457 e. The molecule has 0 N–H and O–H groups in total. The van der Waals surface area contributed by atoms with Crippen LogP contribution < -0.4 is 19.3 Å². The summed E-state index contributed by atoms with van der Waals surface area (Å²) in [6.07, 6.45) is 1.81. The highest BCUT2D eigenvalue weighted by Gasteiger charge is 2.32. The smallest absolute Gasteiger partial charge is 0.137 e. The number of hydrogen-bond acceptors (Lipinski definition) is 5. The predicted octanol–water partition coefficient (Wildman–Crippen LogP) is 17.3. The van der Waals surface area contributed by atoms with Crippen LogP contribution in [0.4, 0.5) is 22.7 Å². The fraction of sp³-hybridized carbons (Fsp3) is 0.0781. The lowest BCUT2D eigenvalue weighted by Gasteiger charge is -2.27. The second kappa shape index (κ2) is 16.4. The highest BCUT2D eigenvalue weighted by molar-refractivity contribution is 6.11. The van der Waals surface area contributed by atoms with Crippen LogP contribution >= 0.6 is 0 Å². The summed E-state index contributed by atoms with van der Waals surface area (Å²) in [7, 11) is 0. The summed E-state index contributed by atoms with van der Waals surface area (Å²) in [6.45, 7) is 6.83. The van der Waals surface area contributed by atoms with Gasteiger partial charge < -0.3 is 19.3 Å². The predicted molar refractivity (Wildman–Crippen MR) is 288 cm³/mol. The van der Waals surface area contributed by atoms with E-state index in [9.17, 15) is 4.11 Å². The maximum atomic E-state index is 9.84. The molecule has 3 aliphatic heterocycles. The van der Waals surface area contributed by atoms with Crippen LogP contribution in [-0.4, -0.2) is 16.2 Å². The minimum absolute atomic E-state index is 0.198. The van der Waals surface area contributed by atoms with Crippen molar-refractivity contribution < 1.29 is 20.4 Å². The quantitative estimate of drug-likeness (QED) is 0.173. The number of rotatable bonds is 2. The van der Waals surface area contributed by atoms with Gasteiger partial charge in [0.15, 0.2) is 0 Å². The highest BCUT2D eigenvalue weighted by atomic mass is 16.5. The summed E-state index contributed by atoms with van der Waals surface area (Å²) in [5.41, 5.74) is 10.5. The van der Waals surface area contributed by atoms with Crippen molar-refractivity contribution in [3.63, 3.8) is 0 Å². The lowest BCUT2D eigenvalue weighted by Crippen LogP contribution is -2.25. The van der Waals surface area contributed by atoms with Gasteiger partial charge in [0.1, 0.15) is 35.5 Å². The van der Waals surface area contributed by atoms with E-state index < -0.39 is 41.7 Å². The van der Waals surface area contributed by atoms with E-state index in [-0.39, 0.29) is 34.1 Å². The molecule has 14 rings (SSSR count). The Hall–Kier alpha value is -8.87. The molecule has 0 spiro atoms. The third kappa shape index (κ3) is 7.15. The molecule has 336 valence electrons. The molecule has 9 aromatic carbocycles. The molecular formula is C64H48N4O2. The Morgan fingerprint density at radius 1 is 0.486 bits per heavy atom. The monoisotopic (exact) mass is 912 g/mol. The zero-order chi connectivity index (χ0) is 53.9. The molecule has 6 heteroatoms. The van der Waals surface area contributed by atoms with Gasteiger partial charge in [0, 0.05) is 51.5 Å². The number of aromatic nitrogens is 2. The molecule has 0 saturated carbocycles. The average molecular weight is 913 g/mol. The Kier molecular flexibility index (Phi) is 7.88. The molecule has 0 atom stereocenters. The third-order valence-corrected chi connectivity index (χ3v) is 13.2. The Morgan fingerprint density at radius 2 is 1.11 bits per heavy atom. The van der Waals surface area contributed by atoms with Gasteiger partial charge in [-0.15, -0.1) is 0 Å². The fourth-order valence-corrected chi connectivity index (χ4v) is 9.99. The zero-order valence-corrected chi connectivity index (χ0v) is 38.6. The molecule has 5 heterocycles. The standard InChI is InChI=1S/C64H48N4O2/c1-64(2,3)57-39-62-65-40-56(57)46-21-13-24-49(35-46)69-48-23-12-20-45(34-48)53-27-15-26-52(43-18-8-5-9-19-43)63(53)67-41-66(59-28-10-11-29-60(59)67)47-22-14-25-50(37-47)70-51-31-32-54-55-36-44(42-16-6-4-7-17-42)30-33-58(55)68(62)61(54)38-51/h4-40H,41H2,1-3H3/i4D,6D,7D,16D,17D,30D,33D,36D. The lowest BCUT2D eigenvalue weighted by atomic mass is 9.82. The van der Waals surface area contributed by atoms with Gasteiger partial charge in [0.05, 0.1) is 39.1 Å². The van der Waals surface area contributed by atoms with Crippen LogP contribution in [0.3, 0.4) is 0 Å². The summed E-state index contributed by atoms with van der Waals surface area (Å²) < 4.78 is 87.4. The van der Waals surface area contributed by atoms with Gasteiger partial charge in [-0.1, -0.05) is 148 Å². The number of ether oxygens (including phenoxy) is 2. The van der Waals surface area contributed by atoms with Gasteiger partial charge in [0.2, 0.25) is 0 Å². The minimum atomic E-state index is -0.595. The molecule has 0 aliphatic carbocycles. The summed E-state index contributed by atoms with van der Waals surface area (Å²) >= 11 is 0. The van der Waals surface area contributed by atoms with Crippen molar-refractivity contribution in [2.45, 2.75) is 26.2 Å². The van der Waals surface area contributed by atoms with Gasteiger partial charge in [0.25, 0.3) is 0 Å². The van der Waals surface area contributed by atoms with E-state index in [4.69, 9.17) is 21.3 Å². The number of hydrogen-bond donors (Lipinski definition) is 0. The van der Waals surface area contributed by atoms with Crippen LogP contribution in [0, 0.1) is 0 Å². The van der Waals surface area contributed by atoms with Gasteiger partial charge >= 0.3 is 0 Å². The summed E-state index contributed by atoms with van der Waals surface area (Å²) in [4.78, 5) is 9.78. The van der Waals surface area contributed by atoms with Crippen molar-refractivity contribution in [2.75, 3.05) is 16.5 Å². The second-order valence-electron chi connectivity index (χ2n) is 18.6. The van der Waals surface area contributed by atoms with E-state index >= 15 is 0 Å². The van der Waals surface area contributed by atoms with E-state index in [1.54, 1.807) is 16.7 Å². The average Bonchev–Trinajstić information content (AvgIpc) is 3.88. The van der Waals surface area contributed by atoms with Gasteiger partial charge in [-0.05, 0) is 118 Å². The van der Waals surface area contributed by atoms with Crippen molar-refractivity contribution in [2.24, 2.45) is 0 Å². The highest BCUT2D eigenvalue weighted by Crippen LogP contribution is 2.51. The Balaban J connectivity index is 1.07. The zero-order valence-electron chi connectivity index (χ0n) is 46.6. The number of nitrogens with zero attached hydrogens (tertiary/aromatic N) is 4. The molecule has 0 fully saturated rings. The van der Waals surface area contributed by atoms with Crippen LogP contribution in [0.15, 0.2) is 224 Å². The van der Waals surface area contributed by atoms with Gasteiger partial charge in [-0.25, -0.2) is 4.98 Å². The van der Waals surface area contributed by atoms with Crippen LogP contribution in [0.1, 0.15) is 37.3 Å². The molecular weight excluding hydrogens is 857 g/mol. The van der Waals surface area contributed by atoms with E-state index in [1.807, 2.05) is 79.0 Å². The number of benzene rings is 9.